The highest BCUT2D eigenvalue weighted by atomic mass is 16.5. The fraction of sp³-hybridized carbons (Fsp3) is 0.125. The number of anilines is 1. The molecule has 0 aliphatic heterocycles. The number of nitrogens with one attached hydrogen (secondary N) is 1. The standard InChI is InChI=1S/C16H13N5O3/c1-9-7-12(19-24-9)17-15(22)11-8-10-14(20(11)2)18-13-5-3-4-6-21(13)16(10)23/h3-8H,1-2H3,(H,17,19,22). The minimum atomic E-state index is -0.391. The second-order valence-corrected chi connectivity index (χ2v) is 5.45. The molecule has 8 heteroatoms. The Balaban J connectivity index is 1.86. The van der Waals surface area contributed by atoms with Gasteiger partial charge in [-0.3, -0.25) is 14.0 Å². The average molecular weight is 323 g/mol. The Bertz CT molecular complexity index is 1150. The highest BCUT2D eigenvalue weighted by molar-refractivity contribution is 6.05. The number of amides is 1. The Morgan fingerprint density at radius 3 is 2.88 bits per heavy atom. The first-order valence-electron chi connectivity index (χ1n) is 7.26. The van der Waals surface area contributed by atoms with Crippen LogP contribution in [0.1, 0.15) is 16.2 Å². The highest BCUT2D eigenvalue weighted by Crippen LogP contribution is 2.16. The predicted molar refractivity (Wildman–Crippen MR) is 87.1 cm³/mol. The SMILES string of the molecule is Cc1cc(NC(=O)c2cc3c(=O)n4ccccc4nc3n2C)no1. The molecular weight excluding hydrogens is 310 g/mol. The summed E-state index contributed by atoms with van der Waals surface area (Å²) in [5.41, 5.74) is 1.07. The third kappa shape index (κ3) is 2.08. The van der Waals surface area contributed by atoms with Crippen molar-refractivity contribution in [1.29, 1.82) is 0 Å². The lowest BCUT2D eigenvalue weighted by molar-refractivity contribution is 0.101. The van der Waals surface area contributed by atoms with Gasteiger partial charge < -0.3 is 14.4 Å². The maximum Gasteiger partial charge on any atom is 0.273 e. The van der Waals surface area contributed by atoms with Crippen molar-refractivity contribution in [3.8, 4) is 0 Å². The number of carbonyl (C=O) groups is 1. The van der Waals surface area contributed by atoms with Crippen LogP contribution in [-0.2, 0) is 7.05 Å². The Kier molecular flexibility index (Phi) is 2.99. The maximum absolute atomic E-state index is 12.6. The van der Waals surface area contributed by atoms with Crippen LogP contribution in [0.4, 0.5) is 5.82 Å². The molecule has 0 bridgehead atoms. The zero-order valence-corrected chi connectivity index (χ0v) is 13.0. The van der Waals surface area contributed by atoms with Crippen LogP contribution in [0.25, 0.3) is 16.7 Å². The van der Waals surface area contributed by atoms with E-state index in [1.807, 2.05) is 0 Å². The lowest BCUT2D eigenvalue weighted by Crippen LogP contribution is -2.16. The Morgan fingerprint density at radius 2 is 2.12 bits per heavy atom. The maximum atomic E-state index is 12.6. The molecule has 0 spiro atoms. The summed E-state index contributed by atoms with van der Waals surface area (Å²) in [6.07, 6.45) is 1.65. The first-order valence-corrected chi connectivity index (χ1v) is 7.26. The topological polar surface area (TPSA) is 94.4 Å². The molecule has 0 fully saturated rings. The second-order valence-electron chi connectivity index (χ2n) is 5.45. The molecule has 0 atom stereocenters. The first-order chi connectivity index (χ1) is 11.5. The summed E-state index contributed by atoms with van der Waals surface area (Å²) in [6, 6.07) is 8.45. The number of aromatic nitrogens is 4. The second kappa shape index (κ2) is 5.05. The first kappa shape index (κ1) is 14.2. The van der Waals surface area contributed by atoms with Crippen LogP contribution in [0, 0.1) is 6.92 Å². The molecular formula is C16H13N5O3. The van der Waals surface area contributed by atoms with Crippen LogP contribution in [0.5, 0.6) is 0 Å². The van der Waals surface area contributed by atoms with Crippen LogP contribution in [0.3, 0.4) is 0 Å². The van der Waals surface area contributed by atoms with E-state index in [2.05, 4.69) is 15.5 Å². The summed E-state index contributed by atoms with van der Waals surface area (Å²) < 4.78 is 7.96. The summed E-state index contributed by atoms with van der Waals surface area (Å²) in [6.45, 7) is 1.73. The smallest absolute Gasteiger partial charge is 0.273 e. The van der Waals surface area contributed by atoms with Gasteiger partial charge in [-0.1, -0.05) is 11.2 Å². The average Bonchev–Trinajstić information content (AvgIpc) is 3.12. The van der Waals surface area contributed by atoms with E-state index in [-0.39, 0.29) is 5.56 Å². The summed E-state index contributed by atoms with van der Waals surface area (Å²) in [5, 5.41) is 6.75. The number of hydrogen-bond donors (Lipinski definition) is 1. The normalized spacial score (nSPS) is 11.2. The highest BCUT2D eigenvalue weighted by Gasteiger charge is 2.18. The van der Waals surface area contributed by atoms with Crippen molar-refractivity contribution in [2.75, 3.05) is 5.32 Å². The number of pyridine rings is 1. The third-order valence-electron chi connectivity index (χ3n) is 3.81. The Hall–Kier alpha value is -3.42. The summed E-state index contributed by atoms with van der Waals surface area (Å²) in [7, 11) is 1.69. The zero-order valence-electron chi connectivity index (χ0n) is 13.0. The van der Waals surface area contributed by atoms with Gasteiger partial charge in [0.15, 0.2) is 5.82 Å². The minimum Gasteiger partial charge on any atom is -0.360 e. The molecule has 0 aliphatic rings. The van der Waals surface area contributed by atoms with Gasteiger partial charge >= 0.3 is 0 Å². The lowest BCUT2D eigenvalue weighted by Gasteiger charge is -2.04. The van der Waals surface area contributed by atoms with Crippen molar-refractivity contribution in [1.82, 2.24) is 19.1 Å². The molecule has 0 radical (unpaired) electrons. The summed E-state index contributed by atoms with van der Waals surface area (Å²) in [4.78, 5) is 29.5. The number of nitrogens with zero attached hydrogens (tertiary/aromatic N) is 4. The van der Waals surface area contributed by atoms with E-state index in [4.69, 9.17) is 4.52 Å². The third-order valence-corrected chi connectivity index (χ3v) is 3.81. The van der Waals surface area contributed by atoms with Crippen LogP contribution < -0.4 is 10.9 Å². The Morgan fingerprint density at radius 1 is 1.29 bits per heavy atom. The van der Waals surface area contributed by atoms with E-state index >= 15 is 0 Å². The van der Waals surface area contributed by atoms with Gasteiger partial charge in [-0.2, -0.15) is 0 Å². The molecule has 1 N–H and O–H groups in total. The molecule has 4 aromatic heterocycles. The summed E-state index contributed by atoms with van der Waals surface area (Å²) >= 11 is 0. The molecule has 0 aromatic carbocycles. The number of hydrogen-bond acceptors (Lipinski definition) is 5. The molecule has 0 saturated heterocycles. The molecule has 4 aromatic rings. The van der Waals surface area contributed by atoms with Crippen molar-refractivity contribution in [2.24, 2.45) is 7.05 Å². The van der Waals surface area contributed by atoms with Crippen LogP contribution >= 0.6 is 0 Å². The van der Waals surface area contributed by atoms with E-state index in [1.54, 1.807) is 49.0 Å². The molecule has 4 rings (SSSR count). The van der Waals surface area contributed by atoms with Crippen LogP contribution in [-0.4, -0.2) is 25.0 Å². The van der Waals surface area contributed by atoms with Crippen LogP contribution in [0.15, 0.2) is 45.8 Å². The predicted octanol–water partition coefficient (Wildman–Crippen LogP) is 1.73. The van der Waals surface area contributed by atoms with Gasteiger partial charge in [0.05, 0.1) is 5.39 Å². The van der Waals surface area contributed by atoms with E-state index in [1.165, 1.54) is 10.5 Å². The van der Waals surface area contributed by atoms with Crippen molar-refractivity contribution >= 4 is 28.4 Å². The number of aryl methyl sites for hydroxylation is 2. The number of fused-ring (bicyclic) bond motifs is 2. The van der Waals surface area contributed by atoms with Gasteiger partial charge in [0.2, 0.25) is 0 Å². The van der Waals surface area contributed by atoms with Gasteiger partial charge in [-0.15, -0.1) is 0 Å². The molecule has 8 nitrogen and oxygen atoms in total. The molecule has 24 heavy (non-hydrogen) atoms. The summed E-state index contributed by atoms with van der Waals surface area (Å²) in [5.74, 6) is 0.517. The van der Waals surface area contributed by atoms with E-state index in [9.17, 15) is 9.59 Å². The number of rotatable bonds is 2. The molecule has 120 valence electrons. The molecule has 0 saturated carbocycles. The zero-order chi connectivity index (χ0) is 16.8. The lowest BCUT2D eigenvalue weighted by atomic mass is 10.3. The van der Waals surface area contributed by atoms with E-state index in [0.717, 1.165) is 0 Å². The van der Waals surface area contributed by atoms with Crippen molar-refractivity contribution in [3.05, 3.63) is 58.3 Å². The largest absolute Gasteiger partial charge is 0.360 e. The minimum absolute atomic E-state index is 0.220. The molecule has 0 aliphatic carbocycles. The van der Waals surface area contributed by atoms with Crippen molar-refractivity contribution in [3.63, 3.8) is 0 Å². The van der Waals surface area contributed by atoms with Crippen LogP contribution in [0.2, 0.25) is 0 Å². The van der Waals surface area contributed by atoms with Gasteiger partial charge in [-0.25, -0.2) is 4.98 Å². The molecule has 1 amide bonds. The number of carbonyl (C=O) groups excluding carboxylic acids is 1. The van der Waals surface area contributed by atoms with Crippen molar-refractivity contribution in [2.45, 2.75) is 6.92 Å². The van der Waals surface area contributed by atoms with Gasteiger partial charge in [0, 0.05) is 19.3 Å². The van der Waals surface area contributed by atoms with Crippen molar-refractivity contribution < 1.29 is 9.32 Å². The molecule has 4 heterocycles. The van der Waals surface area contributed by atoms with Gasteiger partial charge in [-0.05, 0) is 25.1 Å². The van der Waals surface area contributed by atoms with Gasteiger partial charge in [0.1, 0.15) is 22.7 Å². The quantitative estimate of drug-likeness (QED) is 0.606. The Labute approximate surface area is 135 Å². The van der Waals surface area contributed by atoms with E-state index < -0.39 is 5.91 Å². The monoisotopic (exact) mass is 323 g/mol. The molecule has 0 unspecified atom stereocenters. The van der Waals surface area contributed by atoms with Gasteiger partial charge in [0.25, 0.3) is 11.5 Å². The van der Waals surface area contributed by atoms with E-state index in [0.29, 0.717) is 34.0 Å². The fourth-order valence-electron chi connectivity index (χ4n) is 2.64. The fourth-order valence-corrected chi connectivity index (χ4v) is 2.64.